The van der Waals surface area contributed by atoms with Crippen LogP contribution in [0.5, 0.6) is 0 Å². The van der Waals surface area contributed by atoms with Crippen LogP contribution in [0.3, 0.4) is 0 Å². The van der Waals surface area contributed by atoms with Crippen molar-refractivity contribution in [1.29, 1.82) is 0 Å². The molecule has 0 radical (unpaired) electrons. The molecule has 0 aromatic carbocycles. The lowest BCUT2D eigenvalue weighted by Crippen LogP contribution is -2.42. The summed E-state index contributed by atoms with van der Waals surface area (Å²) in [6.07, 6.45) is 19.3. The third kappa shape index (κ3) is 4.18. The summed E-state index contributed by atoms with van der Waals surface area (Å²) in [5, 5.41) is 0. The molecule has 0 aliphatic carbocycles. The number of nitrogens with zero attached hydrogens (tertiary/aromatic N) is 2. The van der Waals surface area contributed by atoms with E-state index >= 15 is 0 Å². The summed E-state index contributed by atoms with van der Waals surface area (Å²) in [5.41, 5.74) is 0.574. The highest BCUT2D eigenvalue weighted by atomic mass is 28.4. The van der Waals surface area contributed by atoms with Gasteiger partial charge in [-0.15, -0.1) is 0 Å². The molecule has 5 heteroatoms. The van der Waals surface area contributed by atoms with E-state index in [9.17, 15) is 0 Å². The van der Waals surface area contributed by atoms with Crippen LogP contribution in [0, 0.1) is 0 Å². The quantitative estimate of drug-likeness (QED) is 0.490. The van der Waals surface area contributed by atoms with Crippen molar-refractivity contribution in [3.63, 3.8) is 0 Å². The van der Waals surface area contributed by atoms with Gasteiger partial charge in [0.05, 0.1) is 11.7 Å². The third-order valence-corrected chi connectivity index (χ3v) is 11.5. The summed E-state index contributed by atoms with van der Waals surface area (Å²) in [4.78, 5) is 2.68. The molecule has 6 unspecified atom stereocenters. The minimum atomic E-state index is -2.19. The normalized spacial score (nSPS) is 46.0. The Kier molecular flexibility index (Phi) is 6.65. The van der Waals surface area contributed by atoms with Crippen LogP contribution in [0.15, 0.2) is 0 Å². The number of rotatable bonds is 4. The highest BCUT2D eigenvalue weighted by Gasteiger charge is 2.76. The largest absolute Gasteiger partial charge is 0.446 e. The van der Waals surface area contributed by atoms with E-state index in [-0.39, 0.29) is 5.72 Å². The fourth-order valence-corrected chi connectivity index (χ4v) is 10.2. The van der Waals surface area contributed by atoms with Gasteiger partial charge in [0, 0.05) is 13.2 Å². The first-order valence-corrected chi connectivity index (χ1v) is 13.9. The lowest BCUT2D eigenvalue weighted by Gasteiger charge is -2.22. The van der Waals surface area contributed by atoms with E-state index in [1.165, 1.54) is 103 Å². The Morgan fingerprint density at radius 3 is 2.11 bits per heavy atom. The highest BCUT2D eigenvalue weighted by Crippen LogP contribution is 2.53. The predicted octanol–water partition coefficient (Wildman–Crippen LogP) is 5.09. The van der Waals surface area contributed by atoms with E-state index < -0.39 is 8.72 Å². The molecule has 6 atom stereocenters. The summed E-state index contributed by atoms with van der Waals surface area (Å²) < 4.78 is 16.4. The van der Waals surface area contributed by atoms with Gasteiger partial charge in [-0.05, 0) is 46.1 Å². The Hall–Kier alpha value is 0.0569. The molecule has 0 saturated carbocycles. The second-order valence-corrected chi connectivity index (χ2v) is 12.5. The van der Waals surface area contributed by atoms with Crippen molar-refractivity contribution in [1.82, 2.24) is 9.47 Å². The minimum absolute atomic E-state index is 0.0427. The van der Waals surface area contributed by atoms with Gasteiger partial charge in [-0.25, -0.2) is 0 Å². The van der Waals surface area contributed by atoms with E-state index in [0.717, 1.165) is 6.61 Å². The van der Waals surface area contributed by atoms with Crippen molar-refractivity contribution in [3.8, 4) is 0 Å². The summed E-state index contributed by atoms with van der Waals surface area (Å²) in [6, 6.07) is 0.638. The second kappa shape index (κ2) is 8.82. The van der Waals surface area contributed by atoms with Crippen LogP contribution in [0.4, 0.5) is 0 Å². The van der Waals surface area contributed by atoms with Crippen LogP contribution in [0.25, 0.3) is 0 Å². The van der Waals surface area contributed by atoms with Gasteiger partial charge in [-0.2, -0.15) is 0 Å². The first-order chi connectivity index (χ1) is 13.2. The molecule has 27 heavy (non-hydrogen) atoms. The molecule has 0 bridgehead atoms. The predicted molar refractivity (Wildman–Crippen MR) is 112 cm³/mol. The molecule has 4 fully saturated rings. The number of hydrogen-bond acceptors (Lipinski definition) is 4. The van der Waals surface area contributed by atoms with Gasteiger partial charge in [0.2, 0.25) is 0 Å². The van der Waals surface area contributed by atoms with E-state index in [2.05, 4.69) is 23.3 Å². The van der Waals surface area contributed by atoms with E-state index in [1.807, 2.05) is 0 Å². The minimum Gasteiger partial charge on any atom is -0.382 e. The average Bonchev–Trinajstić information content (AvgIpc) is 3.46. The van der Waals surface area contributed by atoms with Crippen molar-refractivity contribution in [2.75, 3.05) is 19.7 Å². The van der Waals surface area contributed by atoms with Gasteiger partial charge >= 0.3 is 8.72 Å². The van der Waals surface area contributed by atoms with Gasteiger partial charge in [0.15, 0.2) is 0 Å². The molecule has 4 rings (SSSR count). The fraction of sp³-hybridized carbons (Fsp3) is 1.00. The molecule has 4 nitrogen and oxygen atoms in total. The summed E-state index contributed by atoms with van der Waals surface area (Å²) in [5.74, 6) is 0. The molecular formula is C22H42N2O2Si. The van der Waals surface area contributed by atoms with Crippen LogP contribution >= 0.6 is 0 Å². The Morgan fingerprint density at radius 2 is 1.41 bits per heavy atom. The van der Waals surface area contributed by atoms with Crippen molar-refractivity contribution in [3.05, 3.63) is 0 Å². The summed E-state index contributed by atoms with van der Waals surface area (Å²) in [7, 11) is -2.19. The smallest absolute Gasteiger partial charge is 0.382 e. The lowest BCUT2D eigenvalue weighted by molar-refractivity contribution is 0.0733. The Labute approximate surface area is 168 Å². The van der Waals surface area contributed by atoms with Crippen molar-refractivity contribution < 1.29 is 8.85 Å². The van der Waals surface area contributed by atoms with Crippen molar-refractivity contribution in [2.45, 2.75) is 121 Å². The maximum Gasteiger partial charge on any atom is 0.446 e. The first-order valence-electron chi connectivity index (χ1n) is 12.1. The number of fused-ring (bicyclic) bond motifs is 2. The monoisotopic (exact) mass is 394 g/mol. The average molecular weight is 395 g/mol. The topological polar surface area (TPSA) is 24.5 Å². The van der Waals surface area contributed by atoms with E-state index in [4.69, 9.17) is 8.85 Å². The summed E-state index contributed by atoms with van der Waals surface area (Å²) in [6.45, 7) is 7.78. The molecule has 0 amide bonds. The molecule has 0 N–H and O–H groups in total. The number of hydrogen-bond donors (Lipinski definition) is 0. The molecular weight excluding hydrogens is 352 g/mol. The lowest BCUT2D eigenvalue weighted by atomic mass is 10.1. The molecule has 0 aromatic rings. The van der Waals surface area contributed by atoms with Crippen LogP contribution in [-0.4, -0.2) is 55.3 Å². The van der Waals surface area contributed by atoms with Gasteiger partial charge in [-0.1, -0.05) is 64.2 Å². The SMILES string of the molecule is CCO[Si]1(OC2(C)C3CCCCCCCCN32)C2CCCCCCCCN21. The Balaban J connectivity index is 1.45. The zero-order valence-electron chi connectivity index (χ0n) is 17.9. The summed E-state index contributed by atoms with van der Waals surface area (Å²) >= 11 is 0. The van der Waals surface area contributed by atoms with Crippen LogP contribution in [0.1, 0.15) is 104 Å². The van der Waals surface area contributed by atoms with Crippen molar-refractivity contribution in [2.24, 2.45) is 0 Å². The fourth-order valence-electron chi connectivity index (χ4n) is 5.94. The molecule has 4 aliphatic heterocycles. The van der Waals surface area contributed by atoms with E-state index in [1.54, 1.807) is 0 Å². The van der Waals surface area contributed by atoms with Crippen LogP contribution in [-0.2, 0) is 8.85 Å². The zero-order valence-corrected chi connectivity index (χ0v) is 18.9. The molecule has 0 spiro atoms. The molecule has 4 aliphatic rings. The molecule has 156 valence electrons. The van der Waals surface area contributed by atoms with E-state index in [0.29, 0.717) is 11.7 Å². The van der Waals surface area contributed by atoms with Gasteiger partial charge < -0.3 is 8.85 Å². The Morgan fingerprint density at radius 1 is 0.815 bits per heavy atom. The first kappa shape index (κ1) is 20.3. The maximum atomic E-state index is 7.14. The standard InChI is InChI=1S/C22H42N2O2Si/c1-3-25-27(21-17-13-9-5-7-11-15-19-24(21)27)26-22(2)20-16-12-8-4-6-10-14-18-23(20)22/h20-21H,3-19H2,1-2H3. The highest BCUT2D eigenvalue weighted by molar-refractivity contribution is 6.76. The van der Waals surface area contributed by atoms with Crippen LogP contribution in [0.2, 0.25) is 0 Å². The molecule has 4 heterocycles. The van der Waals surface area contributed by atoms with Gasteiger partial charge in [-0.3, -0.25) is 9.47 Å². The molecule has 0 aromatic heterocycles. The third-order valence-electron chi connectivity index (χ3n) is 7.58. The van der Waals surface area contributed by atoms with Crippen molar-refractivity contribution >= 4 is 8.72 Å². The Bertz CT molecular complexity index is 457. The van der Waals surface area contributed by atoms with Crippen LogP contribution < -0.4 is 0 Å². The van der Waals surface area contributed by atoms with Gasteiger partial charge in [0.25, 0.3) is 0 Å². The maximum absolute atomic E-state index is 7.14. The zero-order chi connectivity index (χ0) is 18.7. The molecule has 4 saturated heterocycles. The second-order valence-electron chi connectivity index (χ2n) is 9.46. The van der Waals surface area contributed by atoms with Gasteiger partial charge in [0.1, 0.15) is 5.72 Å².